The molecule has 0 bridgehead atoms. The summed E-state index contributed by atoms with van der Waals surface area (Å²) in [5.41, 5.74) is -1.03. The van der Waals surface area contributed by atoms with Crippen LogP contribution >= 0.6 is 0 Å². The van der Waals surface area contributed by atoms with Crippen LogP contribution in [0.2, 0.25) is 0 Å². The van der Waals surface area contributed by atoms with Crippen LogP contribution in [-0.2, 0) is 4.79 Å². The van der Waals surface area contributed by atoms with Crippen molar-refractivity contribution in [3.05, 3.63) is 38.4 Å². The number of carboxylic acid groups (broad SMARTS) is 1. The smallest absolute Gasteiger partial charge is 0.368 e. The van der Waals surface area contributed by atoms with E-state index in [4.69, 9.17) is 5.11 Å². The summed E-state index contributed by atoms with van der Waals surface area (Å²) in [4.78, 5) is 30.5. The van der Waals surface area contributed by atoms with Crippen molar-refractivity contribution in [2.24, 2.45) is 0 Å². The molecule has 9 nitrogen and oxygen atoms in total. The van der Waals surface area contributed by atoms with Gasteiger partial charge in [0.05, 0.1) is 9.85 Å². The predicted molar refractivity (Wildman–Crippen MR) is 74.3 cm³/mol. The number of hydrogen-bond acceptors (Lipinski definition) is 6. The molecule has 9 heteroatoms. The maximum absolute atomic E-state index is 11.0. The maximum atomic E-state index is 11.0. The van der Waals surface area contributed by atoms with E-state index in [-0.39, 0.29) is 12.1 Å². The normalized spacial score (nSPS) is 10.1. The molecule has 0 aromatic heterocycles. The first-order chi connectivity index (χ1) is 9.93. The third-order valence-corrected chi connectivity index (χ3v) is 2.78. The molecular formula is C12H15N3O6. The molecule has 0 radical (unpaired) electrons. The second-order valence-corrected chi connectivity index (χ2v) is 4.32. The van der Waals surface area contributed by atoms with Gasteiger partial charge in [-0.15, -0.1) is 0 Å². The SMILES string of the molecule is O=C(O)CCCCCNc1cccc([N+](=O)[O-])c1[N+](=O)[O-]. The van der Waals surface area contributed by atoms with Gasteiger partial charge in [0.25, 0.3) is 0 Å². The number of para-hydroxylation sites is 1. The van der Waals surface area contributed by atoms with Gasteiger partial charge in [-0.25, -0.2) is 0 Å². The van der Waals surface area contributed by atoms with E-state index in [0.29, 0.717) is 25.8 Å². The zero-order valence-electron chi connectivity index (χ0n) is 11.2. The number of hydrogen-bond donors (Lipinski definition) is 2. The lowest BCUT2D eigenvalue weighted by Crippen LogP contribution is -2.06. The summed E-state index contributed by atoms with van der Waals surface area (Å²) < 4.78 is 0. The third kappa shape index (κ3) is 5.05. The first kappa shape index (κ1) is 16.3. The van der Waals surface area contributed by atoms with Gasteiger partial charge in [0.2, 0.25) is 0 Å². The minimum Gasteiger partial charge on any atom is -0.481 e. The molecule has 0 fully saturated rings. The molecule has 1 aromatic rings. The molecule has 0 atom stereocenters. The van der Waals surface area contributed by atoms with Crippen molar-refractivity contribution < 1.29 is 19.7 Å². The van der Waals surface area contributed by atoms with Crippen molar-refractivity contribution in [3.8, 4) is 0 Å². The summed E-state index contributed by atoms with van der Waals surface area (Å²) in [5, 5.41) is 33.0. The maximum Gasteiger partial charge on any atom is 0.368 e. The van der Waals surface area contributed by atoms with Crippen LogP contribution in [-0.4, -0.2) is 27.5 Å². The van der Waals surface area contributed by atoms with Gasteiger partial charge in [-0.2, -0.15) is 0 Å². The Morgan fingerprint density at radius 2 is 1.86 bits per heavy atom. The molecule has 0 saturated carbocycles. The van der Waals surface area contributed by atoms with Crippen molar-refractivity contribution in [1.29, 1.82) is 0 Å². The Morgan fingerprint density at radius 1 is 1.14 bits per heavy atom. The summed E-state index contributed by atoms with van der Waals surface area (Å²) in [6.45, 7) is 0.377. The largest absolute Gasteiger partial charge is 0.481 e. The Kier molecular flexibility index (Phi) is 6.05. The molecule has 1 rings (SSSR count). The Hall–Kier alpha value is -2.71. The molecule has 0 spiro atoms. The summed E-state index contributed by atoms with van der Waals surface area (Å²) in [6.07, 6.45) is 1.88. The number of carbonyl (C=O) groups is 1. The van der Waals surface area contributed by atoms with Gasteiger partial charge in [-0.1, -0.05) is 12.5 Å². The topological polar surface area (TPSA) is 136 Å². The van der Waals surface area contributed by atoms with Crippen LogP contribution in [0, 0.1) is 20.2 Å². The van der Waals surface area contributed by atoms with Crippen molar-refractivity contribution in [2.75, 3.05) is 11.9 Å². The van der Waals surface area contributed by atoms with Gasteiger partial charge in [-0.3, -0.25) is 25.0 Å². The standard InChI is InChI=1S/C12H15N3O6/c16-11(17)7-2-1-3-8-13-9-5-4-6-10(14(18)19)12(9)15(20)21/h4-6,13H,1-3,7-8H2,(H,16,17). The summed E-state index contributed by atoms with van der Waals surface area (Å²) >= 11 is 0. The van der Waals surface area contributed by atoms with Crippen molar-refractivity contribution in [2.45, 2.75) is 25.7 Å². The van der Waals surface area contributed by atoms with Crippen molar-refractivity contribution in [3.63, 3.8) is 0 Å². The molecule has 0 aliphatic rings. The number of anilines is 1. The van der Waals surface area contributed by atoms with E-state index in [2.05, 4.69) is 5.32 Å². The van der Waals surface area contributed by atoms with Gasteiger partial charge < -0.3 is 10.4 Å². The van der Waals surface area contributed by atoms with E-state index in [1.165, 1.54) is 12.1 Å². The van der Waals surface area contributed by atoms with E-state index in [9.17, 15) is 25.0 Å². The second-order valence-electron chi connectivity index (χ2n) is 4.32. The molecule has 0 amide bonds. The minimum atomic E-state index is -0.864. The number of nitro groups is 2. The number of unbranched alkanes of at least 4 members (excludes halogenated alkanes) is 2. The fourth-order valence-electron chi connectivity index (χ4n) is 1.81. The average molecular weight is 297 g/mol. The molecule has 0 heterocycles. The van der Waals surface area contributed by atoms with E-state index < -0.39 is 27.2 Å². The molecule has 0 unspecified atom stereocenters. The Bertz CT molecular complexity index is 546. The monoisotopic (exact) mass is 297 g/mol. The summed E-state index contributed by atoms with van der Waals surface area (Å²) in [6, 6.07) is 3.86. The number of carboxylic acids is 1. The molecule has 0 saturated heterocycles. The molecule has 2 N–H and O–H groups in total. The van der Waals surface area contributed by atoms with Crippen molar-refractivity contribution >= 4 is 23.0 Å². The molecule has 0 aliphatic carbocycles. The van der Waals surface area contributed by atoms with Crippen LogP contribution in [0.25, 0.3) is 0 Å². The lowest BCUT2D eigenvalue weighted by molar-refractivity contribution is -0.421. The molecule has 0 aliphatic heterocycles. The van der Waals surface area contributed by atoms with Crippen molar-refractivity contribution in [1.82, 2.24) is 0 Å². The lowest BCUT2D eigenvalue weighted by atomic mass is 10.2. The number of nitrogens with zero attached hydrogens (tertiary/aromatic N) is 2. The fourth-order valence-corrected chi connectivity index (χ4v) is 1.81. The van der Waals surface area contributed by atoms with Gasteiger partial charge >= 0.3 is 17.3 Å². The highest BCUT2D eigenvalue weighted by molar-refractivity contribution is 5.71. The van der Waals surface area contributed by atoms with Crippen LogP contribution < -0.4 is 5.32 Å². The first-order valence-corrected chi connectivity index (χ1v) is 6.31. The van der Waals surface area contributed by atoms with E-state index >= 15 is 0 Å². The van der Waals surface area contributed by atoms with E-state index in [1.807, 2.05) is 0 Å². The van der Waals surface area contributed by atoms with Gasteiger partial charge in [-0.05, 0) is 18.9 Å². The van der Waals surface area contributed by atoms with Crippen LogP contribution in [0.15, 0.2) is 18.2 Å². The molecular weight excluding hydrogens is 282 g/mol. The van der Waals surface area contributed by atoms with E-state index in [0.717, 1.165) is 6.07 Å². The summed E-state index contributed by atoms with van der Waals surface area (Å²) in [7, 11) is 0. The second kappa shape index (κ2) is 7.78. The highest BCUT2D eigenvalue weighted by Crippen LogP contribution is 2.34. The highest BCUT2D eigenvalue weighted by Gasteiger charge is 2.27. The number of rotatable bonds is 9. The molecule has 1 aromatic carbocycles. The zero-order valence-corrected chi connectivity index (χ0v) is 11.2. The van der Waals surface area contributed by atoms with E-state index in [1.54, 1.807) is 0 Å². The Balaban J connectivity index is 2.63. The van der Waals surface area contributed by atoms with Crippen LogP contribution in [0.3, 0.4) is 0 Å². The average Bonchev–Trinajstić information content (AvgIpc) is 2.41. The van der Waals surface area contributed by atoms with Gasteiger partial charge in [0.15, 0.2) is 0 Å². The number of aliphatic carboxylic acids is 1. The Labute approximate surface area is 119 Å². The predicted octanol–water partition coefficient (Wildman–Crippen LogP) is 2.56. The lowest BCUT2D eigenvalue weighted by Gasteiger charge is -2.06. The number of nitro benzene ring substituents is 2. The van der Waals surface area contributed by atoms with Crippen LogP contribution in [0.4, 0.5) is 17.1 Å². The van der Waals surface area contributed by atoms with Crippen LogP contribution in [0.5, 0.6) is 0 Å². The first-order valence-electron chi connectivity index (χ1n) is 6.31. The quantitative estimate of drug-likeness (QED) is 0.406. The van der Waals surface area contributed by atoms with Crippen LogP contribution in [0.1, 0.15) is 25.7 Å². The molecule has 114 valence electrons. The fraction of sp³-hybridized carbons (Fsp3) is 0.417. The number of nitrogens with one attached hydrogen (secondary N) is 1. The number of benzene rings is 1. The van der Waals surface area contributed by atoms with Gasteiger partial charge in [0, 0.05) is 19.0 Å². The highest BCUT2D eigenvalue weighted by atomic mass is 16.6. The van der Waals surface area contributed by atoms with Gasteiger partial charge in [0.1, 0.15) is 5.69 Å². The zero-order chi connectivity index (χ0) is 15.8. The summed E-state index contributed by atoms with van der Waals surface area (Å²) in [5.74, 6) is -0.864. The molecule has 21 heavy (non-hydrogen) atoms. The minimum absolute atomic E-state index is 0.0803. The third-order valence-electron chi connectivity index (χ3n) is 2.78. The Morgan fingerprint density at radius 3 is 2.43 bits per heavy atom.